The molecule has 34 heavy (non-hydrogen) atoms. The monoisotopic (exact) mass is 524 g/mol. The summed E-state index contributed by atoms with van der Waals surface area (Å²) in [6.45, 7) is 9.91. The second-order valence-electron chi connectivity index (χ2n) is 9.22. The van der Waals surface area contributed by atoms with E-state index in [1.54, 1.807) is 0 Å². The first kappa shape index (κ1) is 27.4. The second kappa shape index (κ2) is 15.6. The number of hydrogen-bond acceptors (Lipinski definition) is 11. The summed E-state index contributed by atoms with van der Waals surface area (Å²) in [6, 6.07) is 0. The highest BCUT2D eigenvalue weighted by Gasteiger charge is 2.33. The summed E-state index contributed by atoms with van der Waals surface area (Å²) in [6.07, 6.45) is 1.17. The van der Waals surface area contributed by atoms with Gasteiger partial charge < -0.3 is 42.6 Å². The van der Waals surface area contributed by atoms with E-state index >= 15 is 0 Å². The van der Waals surface area contributed by atoms with Crippen LogP contribution in [0.1, 0.15) is 0 Å². The molecule has 0 radical (unpaired) electrons. The lowest BCUT2D eigenvalue weighted by atomic mass is 9.95. The molecule has 0 aliphatic carbocycles. The van der Waals surface area contributed by atoms with Crippen LogP contribution < -0.4 is 0 Å². The fourth-order valence-corrected chi connectivity index (χ4v) is 5.47. The van der Waals surface area contributed by atoms with Gasteiger partial charge in [-0.15, -0.1) is 0 Å². The standard InChI is InChI=1S/C23H40O9S2/c1(24-7-19-11-29-19)2-27-15-23(16-28-10-22-14-32-22,17-33-5-3-25-8-20-12-30-20)18-34-6-4-26-9-21-13-31-21/h19-22H,1-18H2. The number of hydrogen-bond donors (Lipinski definition) is 0. The van der Waals surface area contributed by atoms with E-state index in [2.05, 4.69) is 0 Å². The molecule has 4 aliphatic heterocycles. The predicted octanol–water partition coefficient (Wildman–Crippen LogP) is 1.12. The molecule has 4 heterocycles. The Hall–Kier alpha value is 0.340. The smallest absolute Gasteiger partial charge is 0.104 e. The zero-order chi connectivity index (χ0) is 23.3. The Morgan fingerprint density at radius 2 is 0.912 bits per heavy atom. The second-order valence-corrected chi connectivity index (χ2v) is 11.4. The van der Waals surface area contributed by atoms with Gasteiger partial charge >= 0.3 is 0 Å². The fraction of sp³-hybridized carbons (Fsp3) is 1.00. The SMILES string of the molecule is C(COCC(COCC1CO1)(CSCCOCC1CO1)CSCCOCC1CO1)OCC1CO1. The van der Waals surface area contributed by atoms with Crippen molar-refractivity contribution < 1.29 is 42.6 Å². The van der Waals surface area contributed by atoms with Crippen LogP contribution in [-0.4, -0.2) is 140 Å². The molecule has 11 heteroatoms. The van der Waals surface area contributed by atoms with Gasteiger partial charge in [0.1, 0.15) is 24.4 Å². The minimum absolute atomic E-state index is 0.0942. The van der Waals surface area contributed by atoms with Gasteiger partial charge in [-0.3, -0.25) is 0 Å². The first-order valence-corrected chi connectivity index (χ1v) is 14.6. The summed E-state index contributed by atoms with van der Waals surface area (Å²) in [7, 11) is 0. The average Bonchev–Trinajstić information content (AvgIpc) is 3.66. The van der Waals surface area contributed by atoms with E-state index in [-0.39, 0.29) is 17.6 Å². The fourth-order valence-electron chi connectivity index (χ4n) is 3.18. The maximum atomic E-state index is 6.11. The molecule has 0 aromatic heterocycles. The third-order valence-corrected chi connectivity index (χ3v) is 8.12. The Bertz CT molecular complexity index is 483. The minimum Gasteiger partial charge on any atom is -0.378 e. The summed E-state index contributed by atoms with van der Waals surface area (Å²) in [5.41, 5.74) is -0.0942. The van der Waals surface area contributed by atoms with Crippen molar-refractivity contribution in [1.29, 1.82) is 0 Å². The van der Waals surface area contributed by atoms with Crippen molar-refractivity contribution in [2.24, 2.45) is 5.41 Å². The molecule has 0 bridgehead atoms. The first-order chi connectivity index (χ1) is 16.8. The number of epoxide rings is 4. The highest BCUT2D eigenvalue weighted by Crippen LogP contribution is 2.30. The van der Waals surface area contributed by atoms with Crippen molar-refractivity contribution in [1.82, 2.24) is 0 Å². The van der Waals surface area contributed by atoms with Gasteiger partial charge in [-0.2, -0.15) is 23.5 Å². The van der Waals surface area contributed by atoms with Gasteiger partial charge in [-0.05, 0) is 0 Å². The Morgan fingerprint density at radius 1 is 0.529 bits per heavy atom. The molecular weight excluding hydrogens is 484 g/mol. The molecule has 0 N–H and O–H groups in total. The van der Waals surface area contributed by atoms with E-state index in [1.165, 1.54) is 0 Å². The van der Waals surface area contributed by atoms with Gasteiger partial charge in [0, 0.05) is 28.4 Å². The lowest BCUT2D eigenvalue weighted by Crippen LogP contribution is -2.39. The lowest BCUT2D eigenvalue weighted by Gasteiger charge is -2.33. The molecular formula is C23H40O9S2. The summed E-state index contributed by atoms with van der Waals surface area (Å²) < 4.78 is 50.2. The highest BCUT2D eigenvalue weighted by molar-refractivity contribution is 8.00. The van der Waals surface area contributed by atoms with Gasteiger partial charge in [0.15, 0.2) is 0 Å². The topological polar surface area (TPSA) is 96.3 Å². The maximum Gasteiger partial charge on any atom is 0.104 e. The van der Waals surface area contributed by atoms with Crippen molar-refractivity contribution in [3.63, 3.8) is 0 Å². The average molecular weight is 525 g/mol. The Balaban J connectivity index is 1.17. The van der Waals surface area contributed by atoms with Crippen molar-refractivity contribution >= 4 is 23.5 Å². The lowest BCUT2D eigenvalue weighted by molar-refractivity contribution is -0.0208. The van der Waals surface area contributed by atoms with Gasteiger partial charge in [0.2, 0.25) is 0 Å². The number of rotatable bonds is 25. The van der Waals surface area contributed by atoms with Gasteiger partial charge in [-0.25, -0.2) is 0 Å². The molecule has 0 aromatic carbocycles. The molecule has 4 aliphatic rings. The zero-order valence-corrected chi connectivity index (χ0v) is 21.7. The van der Waals surface area contributed by atoms with Crippen molar-refractivity contribution in [2.45, 2.75) is 24.4 Å². The van der Waals surface area contributed by atoms with E-state index in [1.807, 2.05) is 23.5 Å². The molecule has 4 saturated heterocycles. The molecule has 0 saturated carbocycles. The normalized spacial score (nSPS) is 28.6. The van der Waals surface area contributed by atoms with E-state index in [0.29, 0.717) is 65.1 Å². The largest absolute Gasteiger partial charge is 0.378 e. The summed E-state index contributed by atoms with van der Waals surface area (Å²) in [4.78, 5) is 0. The number of ether oxygens (including phenoxy) is 9. The quantitative estimate of drug-likeness (QED) is 0.127. The van der Waals surface area contributed by atoms with Crippen LogP contribution in [0.15, 0.2) is 0 Å². The Kier molecular flexibility index (Phi) is 12.5. The van der Waals surface area contributed by atoms with E-state index < -0.39 is 0 Å². The molecule has 0 amide bonds. The Labute approximate surface area is 211 Å². The summed E-state index contributed by atoms with van der Waals surface area (Å²) in [5, 5.41) is 0. The highest BCUT2D eigenvalue weighted by atomic mass is 32.2. The molecule has 4 fully saturated rings. The molecule has 198 valence electrons. The molecule has 0 spiro atoms. The van der Waals surface area contributed by atoms with E-state index in [9.17, 15) is 0 Å². The third kappa shape index (κ3) is 13.0. The molecule has 4 unspecified atom stereocenters. The van der Waals surface area contributed by atoms with Crippen LogP contribution in [0.3, 0.4) is 0 Å². The van der Waals surface area contributed by atoms with Crippen LogP contribution in [0, 0.1) is 5.41 Å². The molecule has 0 aromatic rings. The van der Waals surface area contributed by atoms with Crippen molar-refractivity contribution in [3.8, 4) is 0 Å². The van der Waals surface area contributed by atoms with Gasteiger partial charge in [0.25, 0.3) is 0 Å². The van der Waals surface area contributed by atoms with Crippen LogP contribution in [-0.2, 0) is 42.6 Å². The number of thioether (sulfide) groups is 2. The van der Waals surface area contributed by atoms with Crippen LogP contribution in [0.4, 0.5) is 0 Å². The predicted molar refractivity (Wildman–Crippen MR) is 130 cm³/mol. The zero-order valence-electron chi connectivity index (χ0n) is 20.0. The van der Waals surface area contributed by atoms with Crippen LogP contribution >= 0.6 is 23.5 Å². The maximum absolute atomic E-state index is 6.11. The third-order valence-electron chi connectivity index (χ3n) is 5.57. The summed E-state index contributed by atoms with van der Waals surface area (Å²) >= 11 is 3.80. The van der Waals surface area contributed by atoms with Crippen LogP contribution in [0.25, 0.3) is 0 Å². The molecule has 4 atom stereocenters. The molecule has 4 rings (SSSR count). The Morgan fingerprint density at radius 3 is 1.38 bits per heavy atom. The van der Waals surface area contributed by atoms with E-state index in [4.69, 9.17) is 42.6 Å². The van der Waals surface area contributed by atoms with Gasteiger partial charge in [-0.1, -0.05) is 0 Å². The minimum atomic E-state index is -0.0942. The first-order valence-electron chi connectivity index (χ1n) is 12.3. The van der Waals surface area contributed by atoms with Crippen LogP contribution in [0.2, 0.25) is 0 Å². The van der Waals surface area contributed by atoms with E-state index in [0.717, 1.165) is 62.7 Å². The van der Waals surface area contributed by atoms with Crippen molar-refractivity contribution in [3.05, 3.63) is 0 Å². The summed E-state index contributed by atoms with van der Waals surface area (Å²) in [5.74, 6) is 3.78. The van der Waals surface area contributed by atoms with Gasteiger partial charge in [0.05, 0.1) is 92.5 Å². The van der Waals surface area contributed by atoms with Crippen LogP contribution in [0.5, 0.6) is 0 Å². The molecule has 9 nitrogen and oxygen atoms in total. The van der Waals surface area contributed by atoms with Crippen molar-refractivity contribution in [2.75, 3.05) is 116 Å².